The average Bonchev–Trinajstić information content (AvgIpc) is 2.99. The fourth-order valence-corrected chi connectivity index (χ4v) is 3.11. The highest BCUT2D eigenvalue weighted by molar-refractivity contribution is 6.35. The number of nitrogens with one attached hydrogen (secondary N) is 1. The van der Waals surface area contributed by atoms with Gasteiger partial charge in [-0.1, -0.05) is 29.8 Å². The maximum absolute atomic E-state index is 12.7. The molecule has 0 aliphatic carbocycles. The quantitative estimate of drug-likeness (QED) is 0.690. The molecule has 3 rings (SSSR count). The summed E-state index contributed by atoms with van der Waals surface area (Å²) in [5.41, 5.74) is 2.18. The fourth-order valence-electron chi connectivity index (χ4n) is 2.89. The van der Waals surface area contributed by atoms with E-state index in [1.165, 1.54) is 0 Å². The highest BCUT2D eigenvalue weighted by Crippen LogP contribution is 2.32. The zero-order valence-corrected chi connectivity index (χ0v) is 15.8. The van der Waals surface area contributed by atoms with Crippen molar-refractivity contribution in [2.45, 2.75) is 19.9 Å². The van der Waals surface area contributed by atoms with Crippen molar-refractivity contribution in [1.82, 2.24) is 5.32 Å². The van der Waals surface area contributed by atoms with Gasteiger partial charge in [0.25, 0.3) is 5.91 Å². The predicted octanol–water partition coefficient (Wildman–Crippen LogP) is 4.90. The number of halogens is 1. The van der Waals surface area contributed by atoms with Crippen LogP contribution in [-0.2, 0) is 0 Å². The maximum atomic E-state index is 12.7. The van der Waals surface area contributed by atoms with Crippen molar-refractivity contribution in [1.29, 1.82) is 0 Å². The van der Waals surface area contributed by atoms with Crippen molar-refractivity contribution in [2.75, 3.05) is 14.2 Å². The number of amides is 1. The van der Waals surface area contributed by atoms with Crippen LogP contribution in [0.15, 0.2) is 40.8 Å². The summed E-state index contributed by atoms with van der Waals surface area (Å²) in [5, 5.41) is 4.27. The number of fused-ring (bicyclic) bond motifs is 1. The molecule has 26 heavy (non-hydrogen) atoms. The van der Waals surface area contributed by atoms with Crippen LogP contribution < -0.4 is 14.8 Å². The van der Waals surface area contributed by atoms with Crippen molar-refractivity contribution >= 4 is 28.5 Å². The minimum Gasteiger partial charge on any atom is -0.493 e. The van der Waals surface area contributed by atoms with Crippen molar-refractivity contribution in [3.8, 4) is 11.5 Å². The highest BCUT2D eigenvalue weighted by Gasteiger charge is 2.21. The first-order chi connectivity index (χ1) is 12.5. The molecule has 1 unspecified atom stereocenters. The van der Waals surface area contributed by atoms with Gasteiger partial charge < -0.3 is 19.2 Å². The highest BCUT2D eigenvalue weighted by atomic mass is 35.5. The first-order valence-electron chi connectivity index (χ1n) is 8.16. The van der Waals surface area contributed by atoms with Crippen LogP contribution in [0.4, 0.5) is 0 Å². The Labute approximate surface area is 156 Å². The lowest BCUT2D eigenvalue weighted by Gasteiger charge is -2.16. The second-order valence-corrected chi connectivity index (χ2v) is 6.39. The monoisotopic (exact) mass is 373 g/mol. The van der Waals surface area contributed by atoms with Gasteiger partial charge in [0, 0.05) is 10.9 Å². The van der Waals surface area contributed by atoms with Crippen LogP contribution in [0.2, 0.25) is 5.02 Å². The number of furan rings is 1. The van der Waals surface area contributed by atoms with Crippen LogP contribution in [-0.4, -0.2) is 20.1 Å². The second-order valence-electron chi connectivity index (χ2n) is 5.98. The second kappa shape index (κ2) is 7.30. The Hall–Kier alpha value is -2.66. The van der Waals surface area contributed by atoms with Crippen molar-refractivity contribution in [2.24, 2.45) is 0 Å². The Morgan fingerprint density at radius 3 is 2.54 bits per heavy atom. The number of para-hydroxylation sites is 1. The van der Waals surface area contributed by atoms with Gasteiger partial charge in [0.2, 0.25) is 0 Å². The molecule has 1 amide bonds. The predicted molar refractivity (Wildman–Crippen MR) is 101 cm³/mol. The third-order valence-corrected chi connectivity index (χ3v) is 4.67. The Balaban J connectivity index is 1.86. The molecule has 0 spiro atoms. The van der Waals surface area contributed by atoms with E-state index >= 15 is 0 Å². The molecule has 2 aromatic carbocycles. The summed E-state index contributed by atoms with van der Waals surface area (Å²) in [5.74, 6) is 1.22. The van der Waals surface area contributed by atoms with E-state index in [0.717, 1.165) is 16.5 Å². The third-order valence-electron chi connectivity index (χ3n) is 4.38. The molecular formula is C20H20ClNO4. The van der Waals surface area contributed by atoms with E-state index in [0.29, 0.717) is 22.1 Å². The SMILES string of the molecule is COc1ccc(C(C)NC(=O)c2oc3c(Cl)cccc3c2C)cc1OC. The van der Waals surface area contributed by atoms with Gasteiger partial charge in [-0.25, -0.2) is 0 Å². The maximum Gasteiger partial charge on any atom is 0.287 e. The molecule has 136 valence electrons. The Morgan fingerprint density at radius 2 is 1.88 bits per heavy atom. The first kappa shape index (κ1) is 18.1. The number of aryl methyl sites for hydroxylation is 1. The van der Waals surface area contributed by atoms with E-state index in [9.17, 15) is 4.79 Å². The number of benzene rings is 2. The normalized spacial score (nSPS) is 12.0. The molecule has 1 atom stereocenters. The number of rotatable bonds is 5. The number of hydrogen-bond acceptors (Lipinski definition) is 4. The molecule has 0 saturated carbocycles. The molecular weight excluding hydrogens is 354 g/mol. The topological polar surface area (TPSA) is 60.7 Å². The molecule has 0 bridgehead atoms. The van der Waals surface area contributed by atoms with E-state index in [4.69, 9.17) is 25.5 Å². The molecule has 3 aromatic rings. The van der Waals surface area contributed by atoms with Crippen molar-refractivity contribution in [3.63, 3.8) is 0 Å². The minimum atomic E-state index is -0.294. The third kappa shape index (κ3) is 3.22. The summed E-state index contributed by atoms with van der Waals surface area (Å²) in [6.45, 7) is 3.74. The average molecular weight is 374 g/mol. The van der Waals surface area contributed by atoms with Crippen LogP contribution in [0.25, 0.3) is 11.0 Å². The molecule has 0 radical (unpaired) electrons. The van der Waals surface area contributed by atoms with Crippen molar-refractivity contribution < 1.29 is 18.7 Å². The number of methoxy groups -OCH3 is 2. The molecule has 1 aromatic heterocycles. The molecule has 1 N–H and O–H groups in total. The standard InChI is InChI=1S/C20H20ClNO4/c1-11-14-6-5-7-15(21)19(14)26-18(11)20(23)22-12(2)13-8-9-16(24-3)17(10-13)25-4/h5-10,12H,1-4H3,(H,22,23). The summed E-state index contributed by atoms with van der Waals surface area (Å²) in [4.78, 5) is 12.7. The molecule has 0 aliphatic heterocycles. The summed E-state index contributed by atoms with van der Waals surface area (Å²) in [6.07, 6.45) is 0. The van der Waals surface area contributed by atoms with Crippen LogP contribution in [0.5, 0.6) is 11.5 Å². The van der Waals surface area contributed by atoms with Crippen LogP contribution in [0.3, 0.4) is 0 Å². The van der Waals surface area contributed by atoms with Crippen LogP contribution >= 0.6 is 11.6 Å². The molecule has 0 aliphatic rings. The zero-order chi connectivity index (χ0) is 18.8. The van der Waals surface area contributed by atoms with Gasteiger partial charge in [-0.2, -0.15) is 0 Å². The summed E-state index contributed by atoms with van der Waals surface area (Å²) in [6, 6.07) is 10.7. The number of carbonyl (C=O) groups excluding carboxylic acids is 1. The smallest absolute Gasteiger partial charge is 0.287 e. The van der Waals surface area contributed by atoms with Crippen LogP contribution in [0, 0.1) is 6.92 Å². The minimum absolute atomic E-state index is 0.245. The van der Waals surface area contributed by atoms with E-state index in [1.54, 1.807) is 20.3 Å². The Kier molecular flexibility index (Phi) is 5.09. The van der Waals surface area contributed by atoms with E-state index in [1.807, 2.05) is 44.2 Å². The summed E-state index contributed by atoms with van der Waals surface area (Å²) < 4.78 is 16.3. The van der Waals surface area contributed by atoms with Crippen LogP contribution in [0.1, 0.15) is 34.6 Å². The summed E-state index contributed by atoms with van der Waals surface area (Å²) in [7, 11) is 3.16. The first-order valence-corrected chi connectivity index (χ1v) is 8.54. The number of hydrogen-bond donors (Lipinski definition) is 1. The van der Waals surface area contributed by atoms with Gasteiger partial charge in [0.05, 0.1) is 25.3 Å². The molecule has 1 heterocycles. The molecule has 6 heteroatoms. The lowest BCUT2D eigenvalue weighted by Crippen LogP contribution is -2.26. The van der Waals surface area contributed by atoms with E-state index in [-0.39, 0.29) is 17.7 Å². The van der Waals surface area contributed by atoms with Gasteiger partial charge in [-0.05, 0) is 37.6 Å². The molecule has 0 saturated heterocycles. The Morgan fingerprint density at radius 1 is 1.15 bits per heavy atom. The Bertz CT molecular complexity index is 964. The number of ether oxygens (including phenoxy) is 2. The van der Waals surface area contributed by atoms with Gasteiger partial charge >= 0.3 is 0 Å². The lowest BCUT2D eigenvalue weighted by molar-refractivity contribution is 0.0913. The number of carbonyl (C=O) groups is 1. The van der Waals surface area contributed by atoms with E-state index < -0.39 is 0 Å². The largest absolute Gasteiger partial charge is 0.493 e. The summed E-state index contributed by atoms with van der Waals surface area (Å²) >= 11 is 6.16. The zero-order valence-electron chi connectivity index (χ0n) is 15.1. The fraction of sp³-hybridized carbons (Fsp3) is 0.250. The lowest BCUT2D eigenvalue weighted by atomic mass is 10.1. The van der Waals surface area contributed by atoms with Gasteiger partial charge in [-0.3, -0.25) is 4.79 Å². The van der Waals surface area contributed by atoms with Gasteiger partial charge in [-0.15, -0.1) is 0 Å². The molecule has 5 nitrogen and oxygen atoms in total. The van der Waals surface area contributed by atoms with Gasteiger partial charge in [0.15, 0.2) is 22.8 Å². The molecule has 0 fully saturated rings. The van der Waals surface area contributed by atoms with Gasteiger partial charge in [0.1, 0.15) is 0 Å². The van der Waals surface area contributed by atoms with Crippen molar-refractivity contribution in [3.05, 3.63) is 58.3 Å². The van der Waals surface area contributed by atoms with E-state index in [2.05, 4.69) is 5.32 Å².